The molecule has 2 heterocycles. The Hall–Kier alpha value is -2.18. The Labute approximate surface area is 111 Å². The molecule has 0 unspecified atom stereocenters. The lowest BCUT2D eigenvalue weighted by Gasteiger charge is -2.21. The third kappa shape index (κ3) is 2.64. The topological polar surface area (TPSA) is 75.9 Å². The summed E-state index contributed by atoms with van der Waals surface area (Å²) >= 11 is 0. The fourth-order valence-electron chi connectivity index (χ4n) is 1.94. The third-order valence-electron chi connectivity index (χ3n) is 3.05. The van der Waals surface area contributed by atoms with Crippen molar-refractivity contribution in [1.82, 2.24) is 24.8 Å². The average molecular weight is 262 g/mol. The molecule has 2 aromatic heterocycles. The maximum atomic E-state index is 11.3. The molecule has 0 saturated heterocycles. The molecule has 102 valence electrons. The van der Waals surface area contributed by atoms with E-state index in [0.29, 0.717) is 13.0 Å². The Morgan fingerprint density at radius 3 is 2.89 bits per heavy atom. The van der Waals surface area contributed by atoms with Crippen LogP contribution in [-0.4, -0.2) is 45.6 Å². The fourth-order valence-corrected chi connectivity index (χ4v) is 1.94. The van der Waals surface area contributed by atoms with Crippen molar-refractivity contribution in [3.63, 3.8) is 0 Å². The molecular weight excluding hydrogens is 244 g/mol. The standard InChI is InChI=1S/C12H18N6O/c1-4-18(6-5-9(19)13-2)12-10-11(14-7-15-12)17(3)8-16-10/h7-8H,4-6H2,1-3H3,(H,13,19). The molecule has 0 aromatic carbocycles. The number of nitrogens with zero attached hydrogens (tertiary/aromatic N) is 5. The van der Waals surface area contributed by atoms with Gasteiger partial charge in [0.2, 0.25) is 5.91 Å². The number of hydrogen-bond acceptors (Lipinski definition) is 5. The summed E-state index contributed by atoms with van der Waals surface area (Å²) in [6.45, 7) is 3.40. The molecule has 0 aliphatic heterocycles. The first kappa shape index (κ1) is 13.3. The molecule has 7 heteroatoms. The number of aryl methyl sites for hydroxylation is 1. The smallest absolute Gasteiger partial charge is 0.221 e. The van der Waals surface area contributed by atoms with Gasteiger partial charge in [0.15, 0.2) is 17.0 Å². The van der Waals surface area contributed by atoms with Crippen LogP contribution in [0.5, 0.6) is 0 Å². The molecule has 2 aromatic rings. The Kier molecular flexibility index (Phi) is 3.94. The van der Waals surface area contributed by atoms with Gasteiger partial charge in [0.25, 0.3) is 0 Å². The second kappa shape index (κ2) is 5.64. The van der Waals surface area contributed by atoms with Gasteiger partial charge in [0.05, 0.1) is 6.33 Å². The van der Waals surface area contributed by atoms with Crippen LogP contribution in [0.4, 0.5) is 5.82 Å². The van der Waals surface area contributed by atoms with Crippen LogP contribution >= 0.6 is 0 Å². The monoisotopic (exact) mass is 262 g/mol. The fraction of sp³-hybridized carbons (Fsp3) is 0.500. The zero-order chi connectivity index (χ0) is 13.8. The molecule has 0 fully saturated rings. The van der Waals surface area contributed by atoms with Crippen molar-refractivity contribution in [1.29, 1.82) is 0 Å². The van der Waals surface area contributed by atoms with E-state index in [1.54, 1.807) is 13.4 Å². The Morgan fingerprint density at radius 1 is 1.42 bits per heavy atom. The first-order valence-corrected chi connectivity index (χ1v) is 6.25. The van der Waals surface area contributed by atoms with E-state index in [-0.39, 0.29) is 5.91 Å². The second-order valence-corrected chi connectivity index (χ2v) is 4.23. The lowest BCUT2D eigenvalue weighted by molar-refractivity contribution is -0.120. The van der Waals surface area contributed by atoms with E-state index in [9.17, 15) is 4.79 Å². The number of carbonyl (C=O) groups is 1. The van der Waals surface area contributed by atoms with Gasteiger partial charge in [0, 0.05) is 33.6 Å². The molecule has 0 radical (unpaired) electrons. The van der Waals surface area contributed by atoms with Gasteiger partial charge in [-0.1, -0.05) is 0 Å². The van der Waals surface area contributed by atoms with E-state index < -0.39 is 0 Å². The van der Waals surface area contributed by atoms with E-state index in [4.69, 9.17) is 0 Å². The lowest BCUT2D eigenvalue weighted by Crippen LogP contribution is -2.30. The Morgan fingerprint density at radius 2 is 2.21 bits per heavy atom. The zero-order valence-corrected chi connectivity index (χ0v) is 11.4. The molecule has 0 bridgehead atoms. The molecule has 0 aliphatic carbocycles. The van der Waals surface area contributed by atoms with Crippen LogP contribution in [0.15, 0.2) is 12.7 Å². The molecule has 0 aliphatic rings. The predicted molar refractivity (Wildman–Crippen MR) is 72.9 cm³/mol. The van der Waals surface area contributed by atoms with Crippen molar-refractivity contribution in [2.24, 2.45) is 7.05 Å². The molecule has 1 amide bonds. The van der Waals surface area contributed by atoms with E-state index >= 15 is 0 Å². The number of aromatic nitrogens is 4. The largest absolute Gasteiger partial charge is 0.359 e. The van der Waals surface area contributed by atoms with Crippen LogP contribution < -0.4 is 10.2 Å². The summed E-state index contributed by atoms with van der Waals surface area (Å²) in [5.74, 6) is 0.793. The summed E-state index contributed by atoms with van der Waals surface area (Å²) in [6.07, 6.45) is 3.68. The van der Waals surface area contributed by atoms with Crippen molar-refractivity contribution in [3.8, 4) is 0 Å². The van der Waals surface area contributed by atoms with E-state index in [1.807, 2.05) is 23.4 Å². The normalized spacial score (nSPS) is 10.7. The summed E-state index contributed by atoms with van der Waals surface area (Å²) < 4.78 is 1.85. The predicted octanol–water partition coefficient (Wildman–Crippen LogP) is 0.326. The van der Waals surface area contributed by atoms with Gasteiger partial charge in [-0.25, -0.2) is 15.0 Å². The van der Waals surface area contributed by atoms with Gasteiger partial charge < -0.3 is 14.8 Å². The summed E-state index contributed by atoms with van der Waals surface area (Å²) in [7, 11) is 3.53. The van der Waals surface area contributed by atoms with Gasteiger partial charge in [0.1, 0.15) is 6.33 Å². The number of fused-ring (bicyclic) bond motifs is 1. The highest BCUT2D eigenvalue weighted by molar-refractivity contribution is 5.83. The van der Waals surface area contributed by atoms with Crippen molar-refractivity contribution in [2.45, 2.75) is 13.3 Å². The molecule has 19 heavy (non-hydrogen) atoms. The molecular formula is C12H18N6O. The minimum Gasteiger partial charge on any atom is -0.359 e. The van der Waals surface area contributed by atoms with Crippen molar-refractivity contribution >= 4 is 22.9 Å². The Bertz CT molecular complexity index is 579. The number of rotatable bonds is 5. The maximum Gasteiger partial charge on any atom is 0.221 e. The third-order valence-corrected chi connectivity index (χ3v) is 3.05. The maximum absolute atomic E-state index is 11.3. The van der Waals surface area contributed by atoms with Crippen LogP contribution in [-0.2, 0) is 11.8 Å². The second-order valence-electron chi connectivity index (χ2n) is 4.23. The minimum atomic E-state index is 0.0183. The zero-order valence-electron chi connectivity index (χ0n) is 11.4. The average Bonchev–Trinajstić information content (AvgIpc) is 2.82. The van der Waals surface area contributed by atoms with Crippen LogP contribution in [0.3, 0.4) is 0 Å². The quantitative estimate of drug-likeness (QED) is 0.840. The van der Waals surface area contributed by atoms with Crippen molar-refractivity contribution in [3.05, 3.63) is 12.7 Å². The molecule has 0 spiro atoms. The highest BCUT2D eigenvalue weighted by Gasteiger charge is 2.14. The van der Waals surface area contributed by atoms with Crippen molar-refractivity contribution < 1.29 is 4.79 Å². The number of nitrogens with one attached hydrogen (secondary N) is 1. The summed E-state index contributed by atoms with van der Waals surface area (Å²) in [5.41, 5.74) is 1.56. The number of amides is 1. The lowest BCUT2D eigenvalue weighted by atomic mass is 10.3. The van der Waals surface area contributed by atoms with Gasteiger partial charge >= 0.3 is 0 Å². The molecule has 0 saturated carbocycles. The summed E-state index contributed by atoms with van der Waals surface area (Å²) in [4.78, 5) is 26.2. The number of carbonyl (C=O) groups excluding carboxylic acids is 1. The summed E-state index contributed by atoms with van der Waals surface area (Å²) in [6, 6.07) is 0. The SMILES string of the molecule is CCN(CCC(=O)NC)c1ncnc2c1ncn2C. The first-order chi connectivity index (χ1) is 9.17. The molecule has 7 nitrogen and oxygen atoms in total. The van der Waals surface area contributed by atoms with Crippen LogP contribution in [0.1, 0.15) is 13.3 Å². The first-order valence-electron chi connectivity index (χ1n) is 6.25. The molecule has 0 atom stereocenters. The highest BCUT2D eigenvalue weighted by Crippen LogP contribution is 2.20. The van der Waals surface area contributed by atoms with Gasteiger partial charge in [-0.3, -0.25) is 4.79 Å². The van der Waals surface area contributed by atoms with Crippen molar-refractivity contribution in [2.75, 3.05) is 25.0 Å². The number of anilines is 1. The van der Waals surface area contributed by atoms with Gasteiger partial charge in [-0.05, 0) is 6.92 Å². The minimum absolute atomic E-state index is 0.0183. The van der Waals surface area contributed by atoms with E-state index in [1.165, 1.54) is 6.33 Å². The van der Waals surface area contributed by atoms with Crippen LogP contribution in [0, 0.1) is 0 Å². The highest BCUT2D eigenvalue weighted by atomic mass is 16.1. The van der Waals surface area contributed by atoms with E-state index in [2.05, 4.69) is 20.3 Å². The molecule has 2 rings (SSSR count). The van der Waals surface area contributed by atoms with Gasteiger partial charge in [-0.15, -0.1) is 0 Å². The molecule has 1 N–H and O–H groups in total. The number of imidazole rings is 1. The summed E-state index contributed by atoms with van der Waals surface area (Å²) in [5, 5.41) is 2.62. The van der Waals surface area contributed by atoms with E-state index in [0.717, 1.165) is 23.5 Å². The van der Waals surface area contributed by atoms with Crippen LogP contribution in [0.2, 0.25) is 0 Å². The number of hydrogen-bond donors (Lipinski definition) is 1. The Balaban J connectivity index is 2.27. The van der Waals surface area contributed by atoms with Crippen LogP contribution in [0.25, 0.3) is 11.2 Å². The van der Waals surface area contributed by atoms with Gasteiger partial charge in [-0.2, -0.15) is 0 Å².